The normalized spacial score (nSPS) is 8.65. The van der Waals surface area contributed by atoms with E-state index >= 15 is 0 Å². The molecule has 0 aromatic heterocycles. The summed E-state index contributed by atoms with van der Waals surface area (Å²) in [4.78, 5) is 20.9. The quantitative estimate of drug-likeness (QED) is 0.516. The molecule has 1 aromatic rings. The maximum atomic E-state index is 12.5. The van der Waals surface area contributed by atoms with E-state index in [0.717, 1.165) is 6.54 Å². The number of rotatable bonds is 4. The van der Waals surface area contributed by atoms with Gasteiger partial charge in [0, 0.05) is 0 Å². The summed E-state index contributed by atoms with van der Waals surface area (Å²) in [6.07, 6.45) is 0.462. The van der Waals surface area contributed by atoms with Gasteiger partial charge in [-0.05, 0) is 24.2 Å². The summed E-state index contributed by atoms with van der Waals surface area (Å²) in [6, 6.07) is 5.57. The van der Waals surface area contributed by atoms with Crippen LogP contribution in [0.5, 0.6) is 0 Å². The zero-order valence-electron chi connectivity index (χ0n) is 9.57. The highest BCUT2D eigenvalue weighted by atomic mass is 19.1. The number of halogens is 1. The second-order valence-corrected chi connectivity index (χ2v) is 3.02. The minimum absolute atomic E-state index is 0.0983. The molecule has 0 radical (unpaired) electrons. The van der Waals surface area contributed by atoms with Crippen molar-refractivity contribution in [3.8, 4) is 0 Å². The number of carbonyl (C=O) groups excluding carboxylic acids is 2. The molecule has 0 heterocycles. The summed E-state index contributed by atoms with van der Waals surface area (Å²) in [7, 11) is 0. The molecule has 0 atom stereocenters. The predicted octanol–water partition coefficient (Wildman–Crippen LogP) is 0.110. The molecule has 0 spiro atoms. The van der Waals surface area contributed by atoms with Gasteiger partial charge in [0.1, 0.15) is 5.82 Å². The summed E-state index contributed by atoms with van der Waals surface area (Å²) in [6.45, 7) is 2.65. The lowest BCUT2D eigenvalue weighted by molar-refractivity contribution is -0.124. The first kappa shape index (κ1) is 15.0. The number of nitrogens with one attached hydrogen (secondary N) is 2. The van der Waals surface area contributed by atoms with E-state index in [9.17, 15) is 14.0 Å². The third-order valence-electron chi connectivity index (χ3n) is 1.55. The number of carbonyl (C=O) groups is 2. The maximum absolute atomic E-state index is 12.5. The van der Waals surface area contributed by atoms with E-state index in [1.54, 1.807) is 0 Å². The first-order valence-electron chi connectivity index (χ1n) is 5.06. The molecule has 0 saturated heterocycles. The van der Waals surface area contributed by atoms with Crippen molar-refractivity contribution in [1.29, 1.82) is 0 Å². The fraction of sp³-hybridized carbons (Fsp3) is 0.273. The van der Waals surface area contributed by atoms with Crippen molar-refractivity contribution in [2.45, 2.75) is 13.3 Å². The minimum atomic E-state index is -0.358. The highest BCUT2D eigenvalue weighted by molar-refractivity contribution is 5.79. The highest BCUT2D eigenvalue weighted by Crippen LogP contribution is 2.02. The average molecular weight is 241 g/mol. The van der Waals surface area contributed by atoms with Crippen LogP contribution in [0.4, 0.5) is 4.39 Å². The summed E-state index contributed by atoms with van der Waals surface area (Å²) in [5.74, 6) is -0.705. The molecular formula is C11H16FN3O2. The van der Waals surface area contributed by atoms with Gasteiger partial charge < -0.3 is 5.73 Å². The molecule has 0 aliphatic heterocycles. The number of nitrogens with two attached hydrogens (primary N) is 1. The lowest BCUT2D eigenvalue weighted by Gasteiger charge is -2.02. The molecular weight excluding hydrogens is 225 g/mol. The van der Waals surface area contributed by atoms with Crippen LogP contribution in [0.3, 0.4) is 0 Å². The molecule has 0 bridgehead atoms. The Morgan fingerprint density at radius 1 is 1.41 bits per heavy atom. The first-order chi connectivity index (χ1) is 8.13. The van der Waals surface area contributed by atoms with Gasteiger partial charge in [-0.15, -0.1) is 0 Å². The molecule has 0 aliphatic carbocycles. The topological polar surface area (TPSA) is 84.2 Å². The van der Waals surface area contributed by atoms with Gasteiger partial charge >= 0.3 is 0 Å². The van der Waals surface area contributed by atoms with Crippen molar-refractivity contribution in [2.24, 2.45) is 5.73 Å². The highest BCUT2D eigenvalue weighted by Gasteiger charge is 2.01. The van der Waals surface area contributed by atoms with E-state index in [4.69, 9.17) is 5.73 Å². The third kappa shape index (κ3) is 7.92. The van der Waals surface area contributed by atoms with Crippen molar-refractivity contribution in [3.05, 3.63) is 35.6 Å². The van der Waals surface area contributed by atoms with Gasteiger partial charge in [0.05, 0.1) is 6.42 Å². The Hall–Kier alpha value is -1.95. The molecule has 17 heavy (non-hydrogen) atoms. The van der Waals surface area contributed by atoms with E-state index in [1.165, 1.54) is 24.3 Å². The van der Waals surface area contributed by atoms with Crippen LogP contribution in [0, 0.1) is 5.82 Å². The van der Waals surface area contributed by atoms with Crippen molar-refractivity contribution in [3.63, 3.8) is 0 Å². The Morgan fingerprint density at radius 2 is 1.94 bits per heavy atom. The zero-order chi connectivity index (χ0) is 13.1. The predicted molar refractivity (Wildman–Crippen MR) is 62.2 cm³/mol. The molecule has 5 nitrogen and oxygen atoms in total. The average Bonchev–Trinajstić information content (AvgIpc) is 2.30. The van der Waals surface area contributed by atoms with E-state index in [-0.39, 0.29) is 18.1 Å². The summed E-state index contributed by atoms with van der Waals surface area (Å²) in [5, 5.41) is 0. The fourth-order valence-electron chi connectivity index (χ4n) is 0.942. The van der Waals surface area contributed by atoms with E-state index in [1.807, 2.05) is 12.3 Å². The van der Waals surface area contributed by atoms with E-state index < -0.39 is 0 Å². The van der Waals surface area contributed by atoms with Crippen molar-refractivity contribution in [1.82, 2.24) is 10.9 Å². The smallest absolute Gasteiger partial charge is 0.242 e. The molecule has 0 saturated carbocycles. The lowest BCUT2D eigenvalue weighted by Crippen LogP contribution is -2.37. The van der Waals surface area contributed by atoms with Crippen molar-refractivity contribution < 1.29 is 14.0 Å². The summed E-state index contributed by atoms with van der Waals surface area (Å²) in [5.41, 5.74) is 9.69. The molecule has 94 valence electrons. The standard InChI is InChI=1S/C9H9FN2O2.C2H7N/c10-8-3-1-7(2-4-8)5-9(14)12-11-6-13;1-2-3/h1-4,6H,5H2,(H,11,13)(H,12,14);2-3H2,1H3. The molecule has 4 N–H and O–H groups in total. The van der Waals surface area contributed by atoms with Crippen LogP contribution in [-0.2, 0) is 16.0 Å². The van der Waals surface area contributed by atoms with Crippen LogP contribution in [0.1, 0.15) is 12.5 Å². The molecule has 2 amide bonds. The van der Waals surface area contributed by atoms with Crippen LogP contribution in [0.25, 0.3) is 0 Å². The Kier molecular flexibility index (Phi) is 8.22. The zero-order valence-corrected chi connectivity index (χ0v) is 9.57. The second-order valence-electron chi connectivity index (χ2n) is 3.02. The van der Waals surface area contributed by atoms with Crippen LogP contribution in [0.2, 0.25) is 0 Å². The Balaban J connectivity index is 0.000000770. The van der Waals surface area contributed by atoms with Gasteiger partial charge in [-0.1, -0.05) is 19.1 Å². The first-order valence-corrected chi connectivity index (χ1v) is 5.06. The van der Waals surface area contributed by atoms with Gasteiger partial charge in [0.2, 0.25) is 12.3 Å². The number of benzene rings is 1. The van der Waals surface area contributed by atoms with Crippen LogP contribution in [-0.4, -0.2) is 18.9 Å². The largest absolute Gasteiger partial charge is 0.331 e. The Bertz CT molecular complexity index is 341. The molecule has 1 rings (SSSR count). The van der Waals surface area contributed by atoms with Crippen molar-refractivity contribution >= 4 is 12.3 Å². The lowest BCUT2D eigenvalue weighted by atomic mass is 10.1. The van der Waals surface area contributed by atoms with Crippen LogP contribution in [0.15, 0.2) is 24.3 Å². The molecule has 0 aliphatic rings. The van der Waals surface area contributed by atoms with Crippen LogP contribution < -0.4 is 16.6 Å². The fourth-order valence-corrected chi connectivity index (χ4v) is 0.942. The monoisotopic (exact) mass is 241 g/mol. The maximum Gasteiger partial charge on any atom is 0.242 e. The number of hydrazine groups is 1. The van der Waals surface area contributed by atoms with Gasteiger partial charge in [0.25, 0.3) is 0 Å². The van der Waals surface area contributed by atoms with Crippen molar-refractivity contribution in [2.75, 3.05) is 6.54 Å². The van der Waals surface area contributed by atoms with Gasteiger partial charge in [-0.3, -0.25) is 20.4 Å². The minimum Gasteiger partial charge on any atom is -0.331 e. The number of hydrogen-bond acceptors (Lipinski definition) is 3. The molecule has 1 aromatic carbocycles. The molecule has 0 unspecified atom stereocenters. The number of amides is 2. The summed E-state index contributed by atoms with van der Waals surface area (Å²) < 4.78 is 12.5. The van der Waals surface area contributed by atoms with Gasteiger partial charge in [0.15, 0.2) is 0 Å². The molecule has 0 fully saturated rings. The third-order valence-corrected chi connectivity index (χ3v) is 1.55. The number of hydrogen-bond donors (Lipinski definition) is 3. The van der Waals surface area contributed by atoms with E-state index in [0.29, 0.717) is 12.0 Å². The second kappa shape index (κ2) is 9.29. The summed E-state index contributed by atoms with van der Waals surface area (Å²) >= 11 is 0. The Morgan fingerprint density at radius 3 is 2.41 bits per heavy atom. The van der Waals surface area contributed by atoms with E-state index in [2.05, 4.69) is 5.43 Å². The van der Waals surface area contributed by atoms with Gasteiger partial charge in [-0.2, -0.15) is 0 Å². The SMILES string of the molecule is CCN.O=CNNC(=O)Cc1ccc(F)cc1. The molecule has 6 heteroatoms. The Labute approximate surface area is 99.2 Å². The van der Waals surface area contributed by atoms with Gasteiger partial charge in [-0.25, -0.2) is 4.39 Å². The van der Waals surface area contributed by atoms with Crippen LogP contribution >= 0.6 is 0 Å².